The van der Waals surface area contributed by atoms with Crippen LogP contribution in [0.3, 0.4) is 0 Å². The Balaban J connectivity index is 2.93. The van der Waals surface area contributed by atoms with Crippen LogP contribution in [0.25, 0.3) is 0 Å². The molecule has 0 aliphatic carbocycles. The highest BCUT2D eigenvalue weighted by atomic mass is 16.7. The van der Waals surface area contributed by atoms with Crippen LogP contribution in [0.2, 0.25) is 0 Å². The van der Waals surface area contributed by atoms with E-state index in [-0.39, 0.29) is 0 Å². The Labute approximate surface area is 96.7 Å². The lowest BCUT2D eigenvalue weighted by atomic mass is 9.91. The first-order valence-corrected chi connectivity index (χ1v) is 5.05. The Bertz CT molecular complexity index is 289. The van der Waals surface area contributed by atoms with Crippen molar-refractivity contribution in [3.8, 4) is 0 Å². The molecule has 1 fully saturated rings. The summed E-state index contributed by atoms with van der Waals surface area (Å²) < 4.78 is 4.68. The number of carboxylic acid groups (broad SMARTS) is 1. The van der Waals surface area contributed by atoms with E-state index in [2.05, 4.69) is 4.74 Å². The molecule has 8 heteroatoms. The van der Waals surface area contributed by atoms with Crippen molar-refractivity contribution in [2.75, 3.05) is 0 Å². The average Bonchev–Trinajstić information content (AvgIpc) is 2.22. The highest BCUT2D eigenvalue weighted by Gasteiger charge is 2.52. The van der Waals surface area contributed by atoms with Gasteiger partial charge in [0, 0.05) is 6.42 Å². The number of aliphatic carboxylic acids is 1. The predicted octanol–water partition coefficient (Wildman–Crippen LogP) is -2.99. The van der Waals surface area contributed by atoms with Gasteiger partial charge < -0.3 is 35.4 Å². The second kappa shape index (κ2) is 4.84. The SMILES string of the molecule is C[C@H](O)[C@H](O)[C@H]1OC(O)(C(=O)O)C[C@@H](O)[C@@H]1O. The fourth-order valence-corrected chi connectivity index (χ4v) is 1.65. The first-order chi connectivity index (χ1) is 7.69. The van der Waals surface area contributed by atoms with E-state index in [0.717, 1.165) is 0 Å². The predicted molar refractivity (Wildman–Crippen MR) is 51.8 cm³/mol. The van der Waals surface area contributed by atoms with Crippen LogP contribution in [0.1, 0.15) is 13.3 Å². The number of carboxylic acids is 1. The maximum absolute atomic E-state index is 10.8. The van der Waals surface area contributed by atoms with E-state index in [0.29, 0.717) is 0 Å². The van der Waals surface area contributed by atoms with Crippen LogP contribution in [0.5, 0.6) is 0 Å². The van der Waals surface area contributed by atoms with Crippen molar-refractivity contribution in [3.05, 3.63) is 0 Å². The zero-order chi connectivity index (χ0) is 13.4. The molecule has 0 aromatic heterocycles. The smallest absolute Gasteiger partial charge is 0.364 e. The average molecular weight is 252 g/mol. The van der Waals surface area contributed by atoms with Crippen molar-refractivity contribution < 1.29 is 40.2 Å². The molecule has 0 radical (unpaired) electrons. The van der Waals surface area contributed by atoms with E-state index in [9.17, 15) is 25.2 Å². The number of rotatable bonds is 3. The van der Waals surface area contributed by atoms with E-state index in [4.69, 9.17) is 10.2 Å². The summed E-state index contributed by atoms with van der Waals surface area (Å²) in [6.07, 6.45) is -8.46. The maximum Gasteiger partial charge on any atom is 0.364 e. The van der Waals surface area contributed by atoms with Gasteiger partial charge in [-0.1, -0.05) is 0 Å². The van der Waals surface area contributed by atoms with Crippen molar-refractivity contribution in [2.24, 2.45) is 0 Å². The normalized spacial score (nSPS) is 41.9. The summed E-state index contributed by atoms with van der Waals surface area (Å²) >= 11 is 0. The zero-order valence-corrected chi connectivity index (χ0v) is 9.09. The molecule has 17 heavy (non-hydrogen) atoms. The van der Waals surface area contributed by atoms with E-state index in [1.54, 1.807) is 0 Å². The molecular formula is C9H16O8. The summed E-state index contributed by atoms with van der Waals surface area (Å²) in [5.41, 5.74) is 0. The molecule has 1 heterocycles. The third kappa shape index (κ3) is 2.73. The third-order valence-electron chi connectivity index (χ3n) is 2.71. The number of ether oxygens (including phenoxy) is 1. The number of carbonyl (C=O) groups is 1. The molecule has 0 amide bonds. The number of aliphatic hydroxyl groups excluding tert-OH is 4. The van der Waals surface area contributed by atoms with Gasteiger partial charge >= 0.3 is 5.97 Å². The molecule has 100 valence electrons. The van der Waals surface area contributed by atoms with Gasteiger partial charge in [0.25, 0.3) is 5.79 Å². The Morgan fingerprint density at radius 1 is 1.41 bits per heavy atom. The van der Waals surface area contributed by atoms with E-state index < -0.39 is 48.7 Å². The van der Waals surface area contributed by atoms with Crippen LogP contribution < -0.4 is 0 Å². The Hall–Kier alpha value is -0.770. The molecule has 0 saturated carbocycles. The lowest BCUT2D eigenvalue weighted by Gasteiger charge is -2.42. The van der Waals surface area contributed by atoms with Crippen molar-refractivity contribution >= 4 is 5.97 Å². The molecular weight excluding hydrogens is 236 g/mol. The quantitative estimate of drug-likeness (QED) is 0.311. The zero-order valence-electron chi connectivity index (χ0n) is 9.09. The lowest BCUT2D eigenvalue weighted by Crippen LogP contribution is -2.62. The van der Waals surface area contributed by atoms with Gasteiger partial charge in [0.1, 0.15) is 18.3 Å². The monoisotopic (exact) mass is 252 g/mol. The minimum atomic E-state index is -2.70. The largest absolute Gasteiger partial charge is 0.477 e. The molecule has 6 atom stereocenters. The Morgan fingerprint density at radius 3 is 2.35 bits per heavy atom. The Kier molecular flexibility index (Phi) is 4.07. The molecule has 1 rings (SSSR count). The Morgan fingerprint density at radius 2 is 1.94 bits per heavy atom. The summed E-state index contributed by atoms with van der Waals surface area (Å²) in [6.45, 7) is 1.20. The standard InChI is InChI=1S/C9H16O8/c1-3(10)5(12)7-6(13)4(11)2-9(16,17-7)8(14)15/h3-7,10-13,16H,2H2,1H3,(H,14,15)/t3-,4+,5-,6-,7+,9?/m0/s1. The van der Waals surface area contributed by atoms with Gasteiger partial charge in [0.05, 0.1) is 12.2 Å². The van der Waals surface area contributed by atoms with Crippen LogP contribution in [-0.2, 0) is 9.53 Å². The van der Waals surface area contributed by atoms with Gasteiger partial charge in [-0.15, -0.1) is 0 Å². The minimum absolute atomic E-state index is 0.730. The molecule has 0 spiro atoms. The van der Waals surface area contributed by atoms with Crippen LogP contribution in [0.4, 0.5) is 0 Å². The molecule has 8 nitrogen and oxygen atoms in total. The van der Waals surface area contributed by atoms with Crippen LogP contribution in [0.15, 0.2) is 0 Å². The van der Waals surface area contributed by atoms with Crippen molar-refractivity contribution in [1.82, 2.24) is 0 Å². The number of hydrogen-bond donors (Lipinski definition) is 6. The van der Waals surface area contributed by atoms with Gasteiger partial charge in [-0.2, -0.15) is 0 Å². The van der Waals surface area contributed by atoms with E-state index in [1.165, 1.54) is 6.92 Å². The van der Waals surface area contributed by atoms with Crippen LogP contribution in [0, 0.1) is 0 Å². The second-order valence-corrected chi connectivity index (χ2v) is 4.17. The van der Waals surface area contributed by atoms with Gasteiger partial charge in [-0.05, 0) is 6.92 Å². The molecule has 0 bridgehead atoms. The van der Waals surface area contributed by atoms with E-state index >= 15 is 0 Å². The molecule has 6 N–H and O–H groups in total. The number of hydrogen-bond acceptors (Lipinski definition) is 7. The highest BCUT2D eigenvalue weighted by Crippen LogP contribution is 2.30. The van der Waals surface area contributed by atoms with E-state index in [1.807, 2.05) is 0 Å². The molecule has 1 unspecified atom stereocenters. The van der Waals surface area contributed by atoms with Crippen LogP contribution in [-0.4, -0.2) is 72.9 Å². The minimum Gasteiger partial charge on any atom is -0.477 e. The van der Waals surface area contributed by atoms with Gasteiger partial charge in [-0.3, -0.25) is 0 Å². The summed E-state index contributed by atoms with van der Waals surface area (Å²) in [7, 11) is 0. The second-order valence-electron chi connectivity index (χ2n) is 4.17. The molecule has 1 aliphatic rings. The molecule has 0 aromatic rings. The summed E-state index contributed by atoms with van der Waals surface area (Å²) in [6, 6.07) is 0. The molecule has 1 aliphatic heterocycles. The van der Waals surface area contributed by atoms with Gasteiger partial charge in [-0.25, -0.2) is 4.79 Å². The van der Waals surface area contributed by atoms with Crippen molar-refractivity contribution in [2.45, 2.75) is 49.7 Å². The summed E-state index contributed by atoms with van der Waals surface area (Å²) in [5, 5.41) is 55.9. The van der Waals surface area contributed by atoms with Gasteiger partial charge in [0.2, 0.25) is 0 Å². The fourth-order valence-electron chi connectivity index (χ4n) is 1.65. The van der Waals surface area contributed by atoms with Crippen LogP contribution >= 0.6 is 0 Å². The highest BCUT2D eigenvalue weighted by molar-refractivity contribution is 5.75. The van der Waals surface area contributed by atoms with Gasteiger partial charge in [0.15, 0.2) is 0 Å². The van der Waals surface area contributed by atoms with Crippen molar-refractivity contribution in [3.63, 3.8) is 0 Å². The summed E-state index contributed by atoms with van der Waals surface area (Å²) in [5.74, 6) is -4.44. The first-order valence-electron chi connectivity index (χ1n) is 5.05. The number of aliphatic hydroxyl groups is 5. The molecule has 1 saturated heterocycles. The van der Waals surface area contributed by atoms with Crippen molar-refractivity contribution in [1.29, 1.82) is 0 Å². The maximum atomic E-state index is 10.8. The lowest BCUT2D eigenvalue weighted by molar-refractivity contribution is -0.311. The third-order valence-corrected chi connectivity index (χ3v) is 2.71. The fraction of sp³-hybridized carbons (Fsp3) is 0.889. The first kappa shape index (κ1) is 14.3. The molecule has 0 aromatic carbocycles. The topological polar surface area (TPSA) is 148 Å². The summed E-state index contributed by atoms with van der Waals surface area (Å²) in [4.78, 5) is 10.8.